The number of imide groups is 2. The molecule has 4 N–H and O–H groups in total. The summed E-state index contributed by atoms with van der Waals surface area (Å²) in [5, 5.41) is 5.48. The molecule has 142 valence electrons. The number of nitrogens with two attached hydrogens (primary N) is 1. The molecule has 1 aromatic rings. The number of nitrogens with one attached hydrogen (secondary N) is 2. The lowest BCUT2D eigenvalue weighted by Gasteiger charge is -2.27. The van der Waals surface area contributed by atoms with E-state index in [0.29, 0.717) is 23.7 Å². The van der Waals surface area contributed by atoms with Gasteiger partial charge >= 0.3 is 0 Å². The number of benzene rings is 1. The fraction of sp³-hybridized carbons (Fsp3) is 0.474. The minimum absolute atomic E-state index is 0.106. The molecule has 3 aliphatic rings. The summed E-state index contributed by atoms with van der Waals surface area (Å²) >= 11 is 0. The van der Waals surface area contributed by atoms with Crippen LogP contribution in [0.1, 0.15) is 52.8 Å². The third-order valence-corrected chi connectivity index (χ3v) is 5.74. The molecular weight excluding hydrogens is 348 g/mol. The van der Waals surface area contributed by atoms with Crippen molar-refractivity contribution in [2.45, 2.75) is 44.2 Å². The number of hydrogen-bond donors (Lipinski definition) is 3. The second-order valence-corrected chi connectivity index (χ2v) is 7.41. The Morgan fingerprint density at radius 1 is 1.11 bits per heavy atom. The van der Waals surface area contributed by atoms with Crippen molar-refractivity contribution < 1.29 is 19.2 Å². The highest BCUT2D eigenvalue weighted by Gasteiger charge is 2.45. The number of hydrogen-bond acceptors (Lipinski definition) is 6. The maximum atomic E-state index is 13.0. The molecule has 1 aromatic carbocycles. The normalized spacial score (nSPS) is 27.7. The summed E-state index contributed by atoms with van der Waals surface area (Å²) in [6.45, 7) is 0.636. The molecule has 1 saturated carbocycles. The first-order valence-corrected chi connectivity index (χ1v) is 9.31. The first-order valence-electron chi connectivity index (χ1n) is 9.31. The van der Waals surface area contributed by atoms with E-state index in [-0.39, 0.29) is 30.4 Å². The lowest BCUT2D eigenvalue weighted by atomic mass is 10.0. The molecule has 2 aliphatic heterocycles. The highest BCUT2D eigenvalue weighted by molar-refractivity contribution is 6.25. The van der Waals surface area contributed by atoms with Gasteiger partial charge in [-0.05, 0) is 37.3 Å². The van der Waals surface area contributed by atoms with Gasteiger partial charge in [-0.15, -0.1) is 0 Å². The van der Waals surface area contributed by atoms with Crippen LogP contribution in [0.3, 0.4) is 0 Å². The van der Waals surface area contributed by atoms with Gasteiger partial charge in [-0.25, -0.2) is 0 Å². The van der Waals surface area contributed by atoms with Crippen LogP contribution in [-0.4, -0.2) is 47.2 Å². The molecule has 1 saturated heterocycles. The van der Waals surface area contributed by atoms with Crippen LogP contribution in [0, 0.1) is 5.92 Å². The van der Waals surface area contributed by atoms with E-state index >= 15 is 0 Å². The molecule has 8 heteroatoms. The Bertz CT molecular complexity index is 837. The van der Waals surface area contributed by atoms with E-state index in [0.717, 1.165) is 24.2 Å². The number of carbonyl (C=O) groups is 4. The fourth-order valence-electron chi connectivity index (χ4n) is 4.22. The first kappa shape index (κ1) is 17.7. The molecule has 3 unspecified atom stereocenters. The monoisotopic (exact) mass is 370 g/mol. The van der Waals surface area contributed by atoms with E-state index in [1.807, 2.05) is 0 Å². The molecule has 4 rings (SSSR count). The van der Waals surface area contributed by atoms with E-state index < -0.39 is 23.8 Å². The molecule has 0 radical (unpaired) electrons. The zero-order valence-corrected chi connectivity index (χ0v) is 14.9. The van der Waals surface area contributed by atoms with Crippen LogP contribution in [0.4, 0.5) is 5.69 Å². The Labute approximate surface area is 156 Å². The van der Waals surface area contributed by atoms with Crippen LogP contribution >= 0.6 is 0 Å². The molecule has 27 heavy (non-hydrogen) atoms. The lowest BCUT2D eigenvalue weighted by molar-refractivity contribution is -0.136. The van der Waals surface area contributed by atoms with Crippen LogP contribution in [0.15, 0.2) is 18.2 Å². The molecule has 3 atom stereocenters. The number of amides is 4. The number of nitrogens with zero attached hydrogens (tertiary/aromatic N) is 1. The smallest absolute Gasteiger partial charge is 0.264 e. The third-order valence-electron chi connectivity index (χ3n) is 5.74. The average Bonchev–Trinajstić information content (AvgIpc) is 3.16. The van der Waals surface area contributed by atoms with E-state index in [1.165, 1.54) is 0 Å². The van der Waals surface area contributed by atoms with Crippen LogP contribution in [-0.2, 0) is 9.59 Å². The standard InChI is InChI=1S/C19H22N4O4/c20-12-5-1-3-10(12)9-21-13-6-2-4-11-16(13)19(27)23(18(11)26)14-7-8-15(24)22-17(14)25/h2,4,6,10,12,14,21H,1,3,5,7-9,20H2,(H,22,24,25). The van der Waals surface area contributed by atoms with Crippen molar-refractivity contribution in [1.82, 2.24) is 10.2 Å². The van der Waals surface area contributed by atoms with Gasteiger partial charge in [0.05, 0.1) is 11.1 Å². The molecule has 1 aliphatic carbocycles. The van der Waals surface area contributed by atoms with Gasteiger partial charge in [-0.3, -0.25) is 29.4 Å². The van der Waals surface area contributed by atoms with Crippen LogP contribution in [0.5, 0.6) is 0 Å². The van der Waals surface area contributed by atoms with E-state index in [1.54, 1.807) is 18.2 Å². The molecule has 2 heterocycles. The van der Waals surface area contributed by atoms with E-state index in [2.05, 4.69) is 10.6 Å². The molecule has 2 fully saturated rings. The minimum atomic E-state index is -0.953. The molecular formula is C19H22N4O4. The number of rotatable bonds is 4. The Hall–Kier alpha value is -2.74. The molecule has 8 nitrogen and oxygen atoms in total. The van der Waals surface area contributed by atoms with Gasteiger partial charge < -0.3 is 11.1 Å². The van der Waals surface area contributed by atoms with E-state index in [4.69, 9.17) is 5.73 Å². The van der Waals surface area contributed by atoms with Gasteiger partial charge in [0.25, 0.3) is 11.8 Å². The van der Waals surface area contributed by atoms with Crippen LogP contribution in [0.25, 0.3) is 0 Å². The molecule has 0 bridgehead atoms. The van der Waals surface area contributed by atoms with Crippen molar-refractivity contribution in [3.05, 3.63) is 29.3 Å². The topological polar surface area (TPSA) is 122 Å². The number of piperidine rings is 1. The third kappa shape index (κ3) is 2.99. The van der Waals surface area contributed by atoms with Gasteiger partial charge in [0.2, 0.25) is 11.8 Å². The van der Waals surface area contributed by atoms with Gasteiger partial charge in [-0.2, -0.15) is 0 Å². The SMILES string of the molecule is NC1CCCC1CNc1cccc2c1C(=O)N(C1CCC(=O)NC1=O)C2=O. The van der Waals surface area contributed by atoms with Gasteiger partial charge in [-0.1, -0.05) is 12.5 Å². The van der Waals surface area contributed by atoms with Crippen molar-refractivity contribution in [1.29, 1.82) is 0 Å². The average molecular weight is 370 g/mol. The predicted molar refractivity (Wildman–Crippen MR) is 96.9 cm³/mol. The van der Waals surface area contributed by atoms with Crippen molar-refractivity contribution >= 4 is 29.3 Å². The lowest BCUT2D eigenvalue weighted by Crippen LogP contribution is -2.54. The quantitative estimate of drug-likeness (QED) is 0.668. The zero-order valence-electron chi connectivity index (χ0n) is 14.9. The predicted octanol–water partition coefficient (Wildman–Crippen LogP) is 0.627. The van der Waals surface area contributed by atoms with Crippen molar-refractivity contribution in [2.24, 2.45) is 11.7 Å². The molecule has 4 amide bonds. The summed E-state index contributed by atoms with van der Waals surface area (Å²) in [7, 11) is 0. The van der Waals surface area contributed by atoms with Crippen LogP contribution in [0.2, 0.25) is 0 Å². The summed E-state index contributed by atoms with van der Waals surface area (Å²) in [6.07, 6.45) is 3.39. The summed E-state index contributed by atoms with van der Waals surface area (Å²) in [4.78, 5) is 50.3. The Morgan fingerprint density at radius 3 is 2.63 bits per heavy atom. The molecule has 0 spiro atoms. The van der Waals surface area contributed by atoms with Crippen molar-refractivity contribution in [3.8, 4) is 0 Å². The van der Waals surface area contributed by atoms with E-state index in [9.17, 15) is 19.2 Å². The Kier molecular flexibility index (Phi) is 4.43. The zero-order chi connectivity index (χ0) is 19.1. The second kappa shape index (κ2) is 6.77. The summed E-state index contributed by atoms with van der Waals surface area (Å²) in [6, 6.07) is 4.26. The minimum Gasteiger partial charge on any atom is -0.384 e. The van der Waals surface area contributed by atoms with Crippen LogP contribution < -0.4 is 16.4 Å². The number of anilines is 1. The largest absolute Gasteiger partial charge is 0.384 e. The Balaban J connectivity index is 1.58. The van der Waals surface area contributed by atoms with Gasteiger partial charge in [0.15, 0.2) is 0 Å². The maximum Gasteiger partial charge on any atom is 0.264 e. The van der Waals surface area contributed by atoms with Crippen molar-refractivity contribution in [2.75, 3.05) is 11.9 Å². The second-order valence-electron chi connectivity index (χ2n) is 7.41. The highest BCUT2D eigenvalue weighted by atomic mass is 16.2. The van der Waals surface area contributed by atoms with Gasteiger partial charge in [0.1, 0.15) is 6.04 Å². The highest BCUT2D eigenvalue weighted by Crippen LogP contribution is 2.33. The van der Waals surface area contributed by atoms with Crippen molar-refractivity contribution in [3.63, 3.8) is 0 Å². The first-order chi connectivity index (χ1) is 13.0. The fourth-order valence-corrected chi connectivity index (χ4v) is 4.22. The summed E-state index contributed by atoms with van der Waals surface area (Å²) < 4.78 is 0. The summed E-state index contributed by atoms with van der Waals surface area (Å²) in [5.41, 5.74) is 7.27. The number of fused-ring (bicyclic) bond motifs is 1. The number of carbonyl (C=O) groups excluding carboxylic acids is 4. The maximum absolute atomic E-state index is 13.0. The summed E-state index contributed by atoms with van der Waals surface area (Å²) in [5.74, 6) is -1.65. The van der Waals surface area contributed by atoms with Gasteiger partial charge in [0, 0.05) is 24.7 Å². The Morgan fingerprint density at radius 2 is 1.93 bits per heavy atom. The molecule has 0 aromatic heterocycles.